The molecule has 2 heterocycles. The molecular formula is C10H13BrClNO3S2. The molecule has 0 saturated carbocycles. The van der Waals surface area contributed by atoms with Gasteiger partial charge in [0.1, 0.15) is 4.21 Å². The molecule has 0 aromatic carbocycles. The highest BCUT2D eigenvalue weighted by atomic mass is 79.9. The van der Waals surface area contributed by atoms with E-state index in [-0.39, 0.29) is 16.7 Å². The Morgan fingerprint density at radius 2 is 2.11 bits per heavy atom. The van der Waals surface area contributed by atoms with Crippen molar-refractivity contribution in [2.45, 2.75) is 17.1 Å². The molecule has 1 N–H and O–H groups in total. The molecule has 0 unspecified atom stereocenters. The topological polar surface area (TPSA) is 57.6 Å². The van der Waals surface area contributed by atoms with Crippen LogP contribution in [0.15, 0.2) is 14.1 Å². The third-order valence-corrected chi connectivity index (χ3v) is 7.87. The number of hydrogen-bond donors (Lipinski definition) is 1. The van der Waals surface area contributed by atoms with Gasteiger partial charge in [-0.15, -0.1) is 11.3 Å². The van der Waals surface area contributed by atoms with Crippen molar-refractivity contribution in [3.63, 3.8) is 0 Å². The summed E-state index contributed by atoms with van der Waals surface area (Å²) in [6, 6.07) is 1.48. The lowest BCUT2D eigenvalue weighted by Gasteiger charge is -2.29. The average molecular weight is 375 g/mol. The molecule has 1 aliphatic heterocycles. The van der Waals surface area contributed by atoms with Crippen LogP contribution in [0.1, 0.15) is 12.8 Å². The fourth-order valence-electron chi connectivity index (χ4n) is 1.91. The summed E-state index contributed by atoms with van der Waals surface area (Å²) in [5.41, 5.74) is 0. The van der Waals surface area contributed by atoms with Crippen molar-refractivity contribution in [3.8, 4) is 0 Å². The maximum Gasteiger partial charge on any atom is 0.252 e. The SMILES string of the molecule is O=S(=O)(c1cc(Cl)c(Br)s1)N1CCC(CO)CC1. The molecule has 1 fully saturated rings. The minimum absolute atomic E-state index is 0.129. The van der Waals surface area contributed by atoms with Crippen molar-refractivity contribution in [2.24, 2.45) is 5.92 Å². The minimum atomic E-state index is -3.44. The molecule has 0 spiro atoms. The van der Waals surface area contributed by atoms with Crippen LogP contribution in [0.5, 0.6) is 0 Å². The van der Waals surface area contributed by atoms with Gasteiger partial charge < -0.3 is 5.11 Å². The molecule has 1 aromatic heterocycles. The summed E-state index contributed by atoms with van der Waals surface area (Å²) in [5, 5.41) is 9.47. The molecule has 1 aliphatic rings. The van der Waals surface area contributed by atoms with Crippen LogP contribution < -0.4 is 0 Å². The van der Waals surface area contributed by atoms with Crippen LogP contribution in [-0.2, 0) is 10.0 Å². The zero-order valence-electron chi connectivity index (χ0n) is 9.47. The first-order valence-electron chi connectivity index (χ1n) is 5.51. The Hall–Kier alpha value is 0.340. The number of thiophene rings is 1. The van der Waals surface area contributed by atoms with E-state index in [2.05, 4.69) is 15.9 Å². The van der Waals surface area contributed by atoms with Crippen LogP contribution in [0.2, 0.25) is 5.02 Å². The average Bonchev–Trinajstić information content (AvgIpc) is 2.70. The third kappa shape index (κ3) is 2.91. The predicted molar refractivity (Wildman–Crippen MR) is 75.6 cm³/mol. The molecule has 18 heavy (non-hydrogen) atoms. The van der Waals surface area contributed by atoms with Gasteiger partial charge in [-0.3, -0.25) is 0 Å². The van der Waals surface area contributed by atoms with Gasteiger partial charge in [0.15, 0.2) is 0 Å². The van der Waals surface area contributed by atoms with E-state index >= 15 is 0 Å². The highest BCUT2D eigenvalue weighted by molar-refractivity contribution is 9.11. The molecule has 1 aromatic rings. The fraction of sp³-hybridized carbons (Fsp3) is 0.600. The molecule has 102 valence electrons. The van der Waals surface area contributed by atoms with Gasteiger partial charge in [0.2, 0.25) is 0 Å². The third-order valence-electron chi connectivity index (χ3n) is 3.05. The van der Waals surface area contributed by atoms with Gasteiger partial charge in [0.25, 0.3) is 10.0 Å². The Balaban J connectivity index is 2.17. The van der Waals surface area contributed by atoms with Gasteiger partial charge in [0.05, 0.1) is 8.81 Å². The lowest BCUT2D eigenvalue weighted by Crippen LogP contribution is -2.38. The van der Waals surface area contributed by atoms with Crippen LogP contribution in [0, 0.1) is 5.92 Å². The Labute approximate surface area is 124 Å². The highest BCUT2D eigenvalue weighted by Crippen LogP contribution is 2.36. The molecule has 1 saturated heterocycles. The smallest absolute Gasteiger partial charge is 0.252 e. The van der Waals surface area contributed by atoms with Crippen molar-refractivity contribution in [1.82, 2.24) is 4.31 Å². The van der Waals surface area contributed by atoms with E-state index in [4.69, 9.17) is 16.7 Å². The molecule has 2 rings (SSSR count). The van der Waals surface area contributed by atoms with Crippen molar-refractivity contribution in [1.29, 1.82) is 0 Å². The van der Waals surface area contributed by atoms with Crippen LogP contribution in [0.25, 0.3) is 0 Å². The second-order valence-corrected chi connectivity index (χ2v) is 9.16. The van der Waals surface area contributed by atoms with E-state index in [0.717, 1.165) is 11.3 Å². The zero-order valence-corrected chi connectivity index (χ0v) is 13.4. The fourth-order valence-corrected chi connectivity index (χ4v) is 5.94. The normalized spacial score (nSPS) is 19.3. The maximum atomic E-state index is 12.3. The quantitative estimate of drug-likeness (QED) is 0.884. The summed E-state index contributed by atoms with van der Waals surface area (Å²) in [4.78, 5) is 0. The van der Waals surface area contributed by atoms with Gasteiger partial charge in [0, 0.05) is 19.7 Å². The Kier molecular flexibility index (Phi) is 4.72. The second-order valence-electron chi connectivity index (χ2n) is 4.22. The van der Waals surface area contributed by atoms with Crippen molar-refractivity contribution in [3.05, 3.63) is 14.9 Å². The summed E-state index contributed by atoms with van der Waals surface area (Å²) >= 11 is 10.2. The molecule has 0 radical (unpaired) electrons. The number of halogens is 2. The van der Waals surface area contributed by atoms with Gasteiger partial charge >= 0.3 is 0 Å². The second kappa shape index (κ2) is 5.76. The monoisotopic (exact) mass is 373 g/mol. The Morgan fingerprint density at radius 3 is 2.56 bits per heavy atom. The lowest BCUT2D eigenvalue weighted by molar-refractivity contribution is 0.170. The Bertz CT molecular complexity index is 504. The van der Waals surface area contributed by atoms with E-state index in [9.17, 15) is 8.42 Å². The summed E-state index contributed by atoms with van der Waals surface area (Å²) < 4.78 is 27.0. The largest absolute Gasteiger partial charge is 0.396 e. The number of piperidine rings is 1. The maximum absolute atomic E-state index is 12.3. The summed E-state index contributed by atoms with van der Waals surface area (Å²) in [5.74, 6) is 0.218. The number of aliphatic hydroxyl groups excluding tert-OH is 1. The van der Waals surface area contributed by atoms with Gasteiger partial charge in [-0.2, -0.15) is 4.31 Å². The minimum Gasteiger partial charge on any atom is -0.396 e. The molecular weight excluding hydrogens is 362 g/mol. The van der Waals surface area contributed by atoms with Gasteiger partial charge in [-0.05, 0) is 40.8 Å². The van der Waals surface area contributed by atoms with E-state index in [1.165, 1.54) is 10.4 Å². The van der Waals surface area contributed by atoms with E-state index in [1.54, 1.807) is 0 Å². The van der Waals surface area contributed by atoms with Crippen molar-refractivity contribution >= 4 is 48.9 Å². The molecule has 0 aliphatic carbocycles. The summed E-state index contributed by atoms with van der Waals surface area (Å²) in [7, 11) is -3.44. The van der Waals surface area contributed by atoms with Crippen LogP contribution >= 0.6 is 38.9 Å². The summed E-state index contributed by atoms with van der Waals surface area (Å²) in [6.45, 7) is 1.05. The molecule has 4 nitrogen and oxygen atoms in total. The van der Waals surface area contributed by atoms with Gasteiger partial charge in [-0.1, -0.05) is 11.6 Å². The number of nitrogens with zero attached hydrogens (tertiary/aromatic N) is 1. The number of aliphatic hydroxyl groups is 1. The molecule has 0 bridgehead atoms. The van der Waals surface area contributed by atoms with E-state index in [0.29, 0.717) is 34.7 Å². The first kappa shape index (κ1) is 14.7. The van der Waals surface area contributed by atoms with Crippen LogP contribution in [0.3, 0.4) is 0 Å². The van der Waals surface area contributed by atoms with E-state index < -0.39 is 10.0 Å². The zero-order chi connectivity index (χ0) is 13.3. The van der Waals surface area contributed by atoms with Crippen LogP contribution in [-0.4, -0.2) is 37.5 Å². The van der Waals surface area contributed by atoms with E-state index in [1.807, 2.05) is 0 Å². The lowest BCUT2D eigenvalue weighted by atomic mass is 10.00. The first-order valence-corrected chi connectivity index (χ1v) is 8.93. The number of sulfonamides is 1. The predicted octanol–water partition coefficient (Wildman–Crippen LogP) is 2.56. The number of hydrogen-bond acceptors (Lipinski definition) is 4. The summed E-state index contributed by atoms with van der Waals surface area (Å²) in [6.07, 6.45) is 1.41. The number of rotatable bonds is 3. The van der Waals surface area contributed by atoms with Crippen molar-refractivity contribution in [2.75, 3.05) is 19.7 Å². The van der Waals surface area contributed by atoms with Crippen molar-refractivity contribution < 1.29 is 13.5 Å². The standard InChI is InChI=1S/C10H13BrClNO3S2/c11-10-8(12)5-9(17-10)18(15,16)13-3-1-7(6-14)2-4-13/h5,7,14H,1-4,6H2. The molecule has 0 amide bonds. The van der Waals surface area contributed by atoms with Crippen LogP contribution in [0.4, 0.5) is 0 Å². The molecule has 8 heteroatoms. The first-order chi connectivity index (χ1) is 8.45. The Morgan fingerprint density at radius 1 is 1.50 bits per heavy atom. The molecule has 0 atom stereocenters. The van der Waals surface area contributed by atoms with Gasteiger partial charge in [-0.25, -0.2) is 8.42 Å². The highest BCUT2D eigenvalue weighted by Gasteiger charge is 2.30.